The van der Waals surface area contributed by atoms with Crippen molar-refractivity contribution in [2.45, 2.75) is 0 Å². The molecule has 0 aliphatic heterocycles. The van der Waals surface area contributed by atoms with Gasteiger partial charge in [0.05, 0.1) is 18.1 Å². The molecule has 0 radical (unpaired) electrons. The van der Waals surface area contributed by atoms with Crippen molar-refractivity contribution >= 4 is 5.82 Å². The molecule has 1 aromatic carbocycles. The third-order valence-electron chi connectivity index (χ3n) is 2.32. The van der Waals surface area contributed by atoms with Crippen LogP contribution >= 0.6 is 0 Å². The van der Waals surface area contributed by atoms with E-state index in [2.05, 4.69) is 20.1 Å². The molecule has 0 unspecified atom stereocenters. The minimum atomic E-state index is 0.184. The van der Waals surface area contributed by atoms with Gasteiger partial charge in [-0.15, -0.1) is 5.10 Å². The van der Waals surface area contributed by atoms with E-state index in [4.69, 9.17) is 10.5 Å². The molecule has 0 amide bonds. The van der Waals surface area contributed by atoms with E-state index < -0.39 is 0 Å². The van der Waals surface area contributed by atoms with Gasteiger partial charge in [0.15, 0.2) is 0 Å². The lowest BCUT2D eigenvalue weighted by atomic mass is 10.3. The first-order valence-electron chi connectivity index (χ1n) is 5.54. The number of nitrogens with zero attached hydrogens (tertiary/aromatic N) is 5. The Hall–Kier alpha value is -2.96. The molecule has 7 nitrogen and oxygen atoms in total. The fourth-order valence-corrected chi connectivity index (χ4v) is 1.50. The van der Waals surface area contributed by atoms with Crippen molar-refractivity contribution in [2.75, 3.05) is 5.73 Å². The monoisotopic (exact) mass is 254 g/mol. The highest BCUT2D eigenvalue weighted by molar-refractivity contribution is 5.30. The topological polar surface area (TPSA) is 91.7 Å². The van der Waals surface area contributed by atoms with E-state index in [1.807, 2.05) is 30.3 Å². The quantitative estimate of drug-likeness (QED) is 0.760. The van der Waals surface area contributed by atoms with Gasteiger partial charge >= 0.3 is 6.01 Å². The molecule has 3 aromatic rings. The molecule has 2 aromatic heterocycles. The summed E-state index contributed by atoms with van der Waals surface area (Å²) in [5.41, 5.74) is 6.40. The summed E-state index contributed by atoms with van der Waals surface area (Å²) >= 11 is 0. The predicted molar refractivity (Wildman–Crippen MR) is 67.9 cm³/mol. The van der Waals surface area contributed by atoms with E-state index >= 15 is 0 Å². The van der Waals surface area contributed by atoms with E-state index in [0.717, 1.165) is 5.69 Å². The lowest BCUT2D eigenvalue weighted by molar-refractivity contribution is 0.423. The third-order valence-corrected chi connectivity index (χ3v) is 2.32. The number of hydrogen-bond acceptors (Lipinski definition) is 6. The standard InChI is InChI=1S/C12H10N6O/c13-10-6-14-7-11(16-10)19-12-15-8-18(17-12)9-4-2-1-3-5-9/h1-8H,(H2,13,16). The molecule has 0 aliphatic rings. The Labute approximate surface area is 108 Å². The van der Waals surface area contributed by atoms with Crippen LogP contribution in [0, 0.1) is 0 Å². The first kappa shape index (κ1) is 11.1. The molecule has 2 heterocycles. The summed E-state index contributed by atoms with van der Waals surface area (Å²) in [6.45, 7) is 0. The lowest BCUT2D eigenvalue weighted by Gasteiger charge is -2.00. The second kappa shape index (κ2) is 4.73. The van der Waals surface area contributed by atoms with E-state index in [1.54, 1.807) is 11.0 Å². The Morgan fingerprint density at radius 1 is 1.11 bits per heavy atom. The first-order chi connectivity index (χ1) is 9.31. The molecular weight excluding hydrogens is 244 g/mol. The van der Waals surface area contributed by atoms with E-state index in [-0.39, 0.29) is 17.7 Å². The number of ether oxygens (including phenoxy) is 1. The Kier molecular flexibility index (Phi) is 2.77. The molecule has 0 aliphatic carbocycles. The second-order valence-electron chi connectivity index (χ2n) is 3.69. The normalized spacial score (nSPS) is 10.3. The Bertz CT molecular complexity index is 681. The van der Waals surface area contributed by atoms with Crippen LogP contribution in [0.15, 0.2) is 49.1 Å². The van der Waals surface area contributed by atoms with Crippen molar-refractivity contribution in [2.24, 2.45) is 0 Å². The van der Waals surface area contributed by atoms with Crippen LogP contribution in [0.1, 0.15) is 0 Å². The zero-order valence-electron chi connectivity index (χ0n) is 9.84. The Morgan fingerprint density at radius 3 is 2.74 bits per heavy atom. The molecule has 0 bridgehead atoms. The Morgan fingerprint density at radius 2 is 1.95 bits per heavy atom. The van der Waals surface area contributed by atoms with Gasteiger partial charge in [0.25, 0.3) is 0 Å². The van der Waals surface area contributed by atoms with Crippen molar-refractivity contribution in [1.82, 2.24) is 24.7 Å². The third kappa shape index (κ3) is 2.49. The average Bonchev–Trinajstić information content (AvgIpc) is 2.88. The fraction of sp³-hybridized carbons (Fsp3) is 0. The highest BCUT2D eigenvalue weighted by atomic mass is 16.5. The summed E-state index contributed by atoms with van der Waals surface area (Å²) in [6, 6.07) is 9.78. The number of nitrogen functional groups attached to an aromatic ring is 1. The van der Waals surface area contributed by atoms with Gasteiger partial charge in [0, 0.05) is 0 Å². The summed E-state index contributed by atoms with van der Waals surface area (Å²) in [5, 5.41) is 4.18. The van der Waals surface area contributed by atoms with Crippen molar-refractivity contribution in [1.29, 1.82) is 0 Å². The molecule has 19 heavy (non-hydrogen) atoms. The SMILES string of the molecule is Nc1cncc(Oc2ncn(-c3ccccc3)n2)n1. The molecule has 2 N–H and O–H groups in total. The van der Waals surface area contributed by atoms with Gasteiger partial charge < -0.3 is 10.5 Å². The molecule has 3 rings (SSSR count). The van der Waals surface area contributed by atoms with Gasteiger partial charge in [0.1, 0.15) is 12.1 Å². The zero-order chi connectivity index (χ0) is 13.1. The largest absolute Gasteiger partial charge is 0.402 e. The van der Waals surface area contributed by atoms with Crippen LogP contribution in [0.2, 0.25) is 0 Å². The van der Waals surface area contributed by atoms with Crippen LogP contribution in [0.4, 0.5) is 5.82 Å². The van der Waals surface area contributed by atoms with E-state index in [9.17, 15) is 0 Å². The molecule has 0 fully saturated rings. The van der Waals surface area contributed by atoms with Crippen molar-refractivity contribution < 1.29 is 4.74 Å². The molecular formula is C12H10N6O. The summed E-state index contributed by atoms with van der Waals surface area (Å²) in [5.74, 6) is 0.533. The number of anilines is 1. The zero-order valence-corrected chi connectivity index (χ0v) is 9.84. The van der Waals surface area contributed by atoms with Gasteiger partial charge in [-0.3, -0.25) is 4.98 Å². The first-order valence-corrected chi connectivity index (χ1v) is 5.54. The summed E-state index contributed by atoms with van der Waals surface area (Å²) in [4.78, 5) is 11.9. The van der Waals surface area contributed by atoms with E-state index in [0.29, 0.717) is 0 Å². The number of benzene rings is 1. The number of aromatic nitrogens is 5. The number of hydrogen-bond donors (Lipinski definition) is 1. The molecule has 0 spiro atoms. The molecule has 0 saturated heterocycles. The highest BCUT2D eigenvalue weighted by Gasteiger charge is 2.06. The van der Waals surface area contributed by atoms with Gasteiger partial charge in [-0.05, 0) is 12.1 Å². The van der Waals surface area contributed by atoms with Gasteiger partial charge in [-0.1, -0.05) is 18.2 Å². The van der Waals surface area contributed by atoms with E-state index in [1.165, 1.54) is 12.4 Å². The van der Waals surface area contributed by atoms with Crippen LogP contribution in [0.5, 0.6) is 11.9 Å². The van der Waals surface area contributed by atoms with Crippen molar-refractivity contribution in [3.63, 3.8) is 0 Å². The molecule has 7 heteroatoms. The molecule has 94 valence electrons. The molecule has 0 saturated carbocycles. The maximum Gasteiger partial charge on any atom is 0.342 e. The molecule has 0 atom stereocenters. The van der Waals surface area contributed by atoms with Gasteiger partial charge in [0.2, 0.25) is 5.88 Å². The maximum atomic E-state index is 5.51. The smallest absolute Gasteiger partial charge is 0.342 e. The van der Waals surface area contributed by atoms with Crippen LogP contribution in [-0.4, -0.2) is 24.7 Å². The lowest BCUT2D eigenvalue weighted by Crippen LogP contribution is -1.97. The Balaban J connectivity index is 1.82. The summed E-state index contributed by atoms with van der Waals surface area (Å²) < 4.78 is 6.97. The fourth-order valence-electron chi connectivity index (χ4n) is 1.50. The number of rotatable bonds is 3. The highest BCUT2D eigenvalue weighted by Crippen LogP contribution is 2.15. The minimum absolute atomic E-state index is 0.184. The van der Waals surface area contributed by atoms with Crippen LogP contribution < -0.4 is 10.5 Å². The second-order valence-corrected chi connectivity index (χ2v) is 3.69. The van der Waals surface area contributed by atoms with Crippen LogP contribution in [-0.2, 0) is 0 Å². The van der Waals surface area contributed by atoms with Crippen LogP contribution in [0.25, 0.3) is 5.69 Å². The minimum Gasteiger partial charge on any atom is -0.402 e. The average molecular weight is 254 g/mol. The summed E-state index contributed by atoms with van der Waals surface area (Å²) in [7, 11) is 0. The van der Waals surface area contributed by atoms with Crippen LogP contribution in [0.3, 0.4) is 0 Å². The van der Waals surface area contributed by atoms with Crippen molar-refractivity contribution in [3.8, 4) is 17.6 Å². The van der Waals surface area contributed by atoms with Gasteiger partial charge in [-0.2, -0.15) is 9.97 Å². The van der Waals surface area contributed by atoms with Crippen molar-refractivity contribution in [3.05, 3.63) is 49.1 Å². The van der Waals surface area contributed by atoms with Gasteiger partial charge in [-0.25, -0.2) is 4.68 Å². The maximum absolute atomic E-state index is 5.51. The number of para-hydroxylation sites is 1. The summed E-state index contributed by atoms with van der Waals surface area (Å²) in [6.07, 6.45) is 4.44. The number of nitrogens with two attached hydrogens (primary N) is 1. The predicted octanol–water partition coefficient (Wildman–Crippen LogP) is 1.43.